The summed E-state index contributed by atoms with van der Waals surface area (Å²) in [6, 6.07) is 14.2. The topological polar surface area (TPSA) is 35.6 Å². The minimum Gasteiger partial charge on any atom is -0.378 e. The predicted octanol–water partition coefficient (Wildman–Crippen LogP) is 2.92. The number of anilines is 1. The molecule has 1 amide bonds. The number of carbonyl (C=O) groups is 1. The molecule has 0 aliphatic heterocycles. The smallest absolute Gasteiger partial charge is 0.254 e. The maximum Gasteiger partial charge on any atom is 0.254 e. The van der Waals surface area contributed by atoms with Gasteiger partial charge in [-0.15, -0.1) is 0 Å². The summed E-state index contributed by atoms with van der Waals surface area (Å²) in [6.45, 7) is 0.404. The second-order valence-electron chi connectivity index (χ2n) is 6.16. The number of nitrogens with zero attached hydrogens (tertiary/aromatic N) is 2. The number of rotatable bonds is 6. The molecule has 0 aliphatic rings. The van der Waals surface area contributed by atoms with E-state index in [1.165, 1.54) is 12.1 Å². The number of carbonyl (C=O) groups excluding carboxylic acids is 1. The zero-order valence-electron chi connectivity index (χ0n) is 14.6. The predicted molar refractivity (Wildman–Crippen MR) is 95.9 cm³/mol. The summed E-state index contributed by atoms with van der Waals surface area (Å²) in [5.41, 5.74) is 2.28. The maximum atomic E-state index is 13.7. The lowest BCUT2D eigenvalue weighted by Crippen LogP contribution is -2.34. The quantitative estimate of drug-likeness (QED) is 0.885. The zero-order valence-corrected chi connectivity index (χ0v) is 14.6. The Morgan fingerprint density at radius 2 is 1.67 bits per heavy atom. The molecule has 0 aromatic heterocycles. The second-order valence-corrected chi connectivity index (χ2v) is 6.16. The third-order valence-electron chi connectivity index (χ3n) is 3.99. The van der Waals surface area contributed by atoms with Crippen molar-refractivity contribution < 1.29 is 9.18 Å². The van der Waals surface area contributed by atoms with Gasteiger partial charge in [0.05, 0.1) is 11.6 Å². The van der Waals surface area contributed by atoms with Gasteiger partial charge in [-0.25, -0.2) is 4.39 Å². The van der Waals surface area contributed by atoms with E-state index in [2.05, 4.69) is 17.4 Å². The van der Waals surface area contributed by atoms with Crippen LogP contribution in [0.25, 0.3) is 0 Å². The molecule has 2 rings (SSSR count). The second kappa shape index (κ2) is 7.93. The molecule has 0 heterocycles. The van der Waals surface area contributed by atoms with Crippen molar-refractivity contribution in [3.8, 4) is 0 Å². The first-order valence-electron chi connectivity index (χ1n) is 7.86. The molecule has 24 heavy (non-hydrogen) atoms. The van der Waals surface area contributed by atoms with Gasteiger partial charge in [-0.2, -0.15) is 0 Å². The highest BCUT2D eigenvalue weighted by Gasteiger charge is 2.17. The van der Waals surface area contributed by atoms with E-state index in [0.717, 1.165) is 11.3 Å². The van der Waals surface area contributed by atoms with E-state index in [1.54, 1.807) is 12.1 Å². The molecule has 0 spiro atoms. The van der Waals surface area contributed by atoms with Crippen molar-refractivity contribution in [2.24, 2.45) is 0 Å². The van der Waals surface area contributed by atoms with Crippen LogP contribution < -0.4 is 10.2 Å². The summed E-state index contributed by atoms with van der Waals surface area (Å²) < 4.78 is 13.7. The SMILES string of the molecule is CN(C)c1ccc(C(CNC(=O)c2ccccc2F)N(C)C)cc1. The molecule has 0 saturated carbocycles. The van der Waals surface area contributed by atoms with Gasteiger partial charge in [-0.05, 0) is 43.9 Å². The molecular formula is C19H24FN3O. The van der Waals surface area contributed by atoms with Gasteiger partial charge in [-0.1, -0.05) is 24.3 Å². The van der Waals surface area contributed by atoms with Crippen LogP contribution in [-0.2, 0) is 0 Å². The molecular weight excluding hydrogens is 305 g/mol. The van der Waals surface area contributed by atoms with Crippen LogP contribution in [-0.4, -0.2) is 45.5 Å². The Morgan fingerprint density at radius 1 is 1.04 bits per heavy atom. The molecule has 1 atom stereocenters. The van der Waals surface area contributed by atoms with Crippen LogP contribution in [0.3, 0.4) is 0 Å². The first kappa shape index (κ1) is 17.9. The van der Waals surface area contributed by atoms with Gasteiger partial charge in [-0.3, -0.25) is 4.79 Å². The largest absolute Gasteiger partial charge is 0.378 e. The minimum absolute atomic E-state index is 0.0111. The fourth-order valence-electron chi connectivity index (χ4n) is 2.52. The lowest BCUT2D eigenvalue weighted by molar-refractivity contribution is 0.0938. The van der Waals surface area contributed by atoms with Crippen molar-refractivity contribution in [2.75, 3.05) is 39.6 Å². The number of hydrogen-bond donors (Lipinski definition) is 1. The van der Waals surface area contributed by atoms with E-state index in [9.17, 15) is 9.18 Å². The Kier molecular flexibility index (Phi) is 5.93. The van der Waals surface area contributed by atoms with Crippen molar-refractivity contribution in [1.29, 1.82) is 0 Å². The maximum absolute atomic E-state index is 13.7. The summed E-state index contributed by atoms with van der Waals surface area (Å²) in [5.74, 6) is -0.906. The van der Waals surface area contributed by atoms with E-state index in [0.29, 0.717) is 6.54 Å². The average molecular weight is 329 g/mol. The molecule has 2 aromatic carbocycles. The number of halogens is 1. The van der Waals surface area contributed by atoms with Crippen LogP contribution >= 0.6 is 0 Å². The van der Waals surface area contributed by atoms with Gasteiger partial charge in [0.1, 0.15) is 5.82 Å². The van der Waals surface area contributed by atoms with E-state index >= 15 is 0 Å². The van der Waals surface area contributed by atoms with Crippen LogP contribution in [0.1, 0.15) is 22.0 Å². The van der Waals surface area contributed by atoms with Gasteiger partial charge >= 0.3 is 0 Å². The van der Waals surface area contributed by atoms with Crippen LogP contribution in [0.15, 0.2) is 48.5 Å². The first-order valence-corrected chi connectivity index (χ1v) is 7.86. The first-order chi connectivity index (χ1) is 11.4. The van der Waals surface area contributed by atoms with E-state index in [-0.39, 0.29) is 11.6 Å². The minimum atomic E-state index is -0.508. The molecule has 0 aliphatic carbocycles. The van der Waals surface area contributed by atoms with Crippen molar-refractivity contribution in [2.45, 2.75) is 6.04 Å². The molecule has 4 nitrogen and oxygen atoms in total. The summed E-state index contributed by atoms with van der Waals surface area (Å²) >= 11 is 0. The Morgan fingerprint density at radius 3 is 2.21 bits per heavy atom. The summed E-state index contributed by atoms with van der Waals surface area (Å²) in [4.78, 5) is 16.3. The van der Waals surface area contributed by atoms with Crippen molar-refractivity contribution >= 4 is 11.6 Å². The zero-order chi connectivity index (χ0) is 17.7. The Balaban J connectivity index is 2.09. The van der Waals surface area contributed by atoms with E-state index in [1.807, 2.05) is 50.1 Å². The number of benzene rings is 2. The fourth-order valence-corrected chi connectivity index (χ4v) is 2.52. The van der Waals surface area contributed by atoms with Gasteiger partial charge in [0.2, 0.25) is 0 Å². The highest BCUT2D eigenvalue weighted by Crippen LogP contribution is 2.21. The van der Waals surface area contributed by atoms with Crippen molar-refractivity contribution in [3.05, 3.63) is 65.5 Å². The third kappa shape index (κ3) is 4.32. The molecule has 128 valence electrons. The molecule has 1 unspecified atom stereocenters. The van der Waals surface area contributed by atoms with Crippen LogP contribution in [0.4, 0.5) is 10.1 Å². The monoisotopic (exact) mass is 329 g/mol. The van der Waals surface area contributed by atoms with Crippen LogP contribution in [0.5, 0.6) is 0 Å². The number of hydrogen-bond acceptors (Lipinski definition) is 3. The van der Waals surface area contributed by atoms with Gasteiger partial charge in [0.25, 0.3) is 5.91 Å². The summed E-state index contributed by atoms with van der Waals surface area (Å²) in [5, 5.41) is 2.83. The Hall–Kier alpha value is -2.40. The lowest BCUT2D eigenvalue weighted by Gasteiger charge is -2.26. The highest BCUT2D eigenvalue weighted by molar-refractivity contribution is 5.94. The van der Waals surface area contributed by atoms with Gasteiger partial charge < -0.3 is 15.1 Å². The lowest BCUT2D eigenvalue weighted by atomic mass is 10.0. The van der Waals surface area contributed by atoms with E-state index < -0.39 is 11.7 Å². The molecule has 0 radical (unpaired) electrons. The Labute approximate surface area is 142 Å². The molecule has 1 N–H and O–H groups in total. The fraction of sp³-hybridized carbons (Fsp3) is 0.316. The highest BCUT2D eigenvalue weighted by atomic mass is 19.1. The number of nitrogens with one attached hydrogen (secondary N) is 1. The summed E-state index contributed by atoms with van der Waals surface area (Å²) in [7, 11) is 7.90. The van der Waals surface area contributed by atoms with Crippen molar-refractivity contribution in [3.63, 3.8) is 0 Å². The molecule has 0 saturated heterocycles. The van der Waals surface area contributed by atoms with Gasteiger partial charge in [0, 0.05) is 26.3 Å². The van der Waals surface area contributed by atoms with Crippen LogP contribution in [0, 0.1) is 5.82 Å². The average Bonchev–Trinajstić information content (AvgIpc) is 2.55. The van der Waals surface area contributed by atoms with Crippen molar-refractivity contribution in [1.82, 2.24) is 10.2 Å². The Bertz CT molecular complexity index is 683. The van der Waals surface area contributed by atoms with Crippen LogP contribution in [0.2, 0.25) is 0 Å². The van der Waals surface area contributed by atoms with E-state index in [4.69, 9.17) is 0 Å². The standard InChI is InChI=1S/C19H24FN3O/c1-22(2)15-11-9-14(10-12-15)18(23(3)4)13-21-19(24)16-7-5-6-8-17(16)20/h5-12,18H,13H2,1-4H3,(H,21,24). The molecule has 0 fully saturated rings. The molecule has 0 bridgehead atoms. The summed E-state index contributed by atoms with van der Waals surface area (Å²) in [6.07, 6.45) is 0. The number of amides is 1. The molecule has 5 heteroatoms. The number of likely N-dealkylation sites (N-methyl/N-ethyl adjacent to an activating group) is 1. The normalized spacial score (nSPS) is 12.1. The van der Waals surface area contributed by atoms with Gasteiger partial charge in [0.15, 0.2) is 0 Å². The molecule has 2 aromatic rings. The third-order valence-corrected chi connectivity index (χ3v) is 3.99.